The Morgan fingerprint density at radius 2 is 2.08 bits per heavy atom. The van der Waals surface area contributed by atoms with E-state index in [1.54, 1.807) is 17.2 Å². The highest BCUT2D eigenvalue weighted by Crippen LogP contribution is 2.50. The van der Waals surface area contributed by atoms with Gasteiger partial charge in [-0.25, -0.2) is 14.4 Å². The minimum Gasteiger partial charge on any atom is -0.481 e. The molecule has 1 spiro atoms. The van der Waals surface area contributed by atoms with Crippen molar-refractivity contribution in [2.75, 3.05) is 31.6 Å². The predicted octanol–water partition coefficient (Wildman–Crippen LogP) is 1.98. The number of rotatable bonds is 7. The van der Waals surface area contributed by atoms with E-state index in [1.807, 2.05) is 6.07 Å². The van der Waals surface area contributed by atoms with Crippen LogP contribution in [0.2, 0.25) is 0 Å². The number of nitrogens with two attached hydrogens (primary N) is 1. The Balaban J connectivity index is 1.17. The zero-order valence-electron chi connectivity index (χ0n) is 22.2. The minimum absolute atomic E-state index is 0.00126. The number of nitrogens with one attached hydrogen (secondary N) is 2. The van der Waals surface area contributed by atoms with Crippen LogP contribution in [0.15, 0.2) is 36.7 Å². The Hall–Kier alpha value is -4.53. The normalized spacial score (nSPS) is 21.6. The molecule has 4 N–H and O–H groups in total. The van der Waals surface area contributed by atoms with Crippen molar-refractivity contribution in [3.05, 3.63) is 53.6 Å². The fraction of sp³-hybridized carbons (Fsp3) is 0.429. The number of hydrogen-bond acceptors (Lipinski definition) is 9. The highest BCUT2D eigenvalue weighted by molar-refractivity contribution is 6.43. The Labute approximate surface area is 231 Å². The van der Waals surface area contributed by atoms with E-state index in [0.717, 1.165) is 43.9 Å². The van der Waals surface area contributed by atoms with Gasteiger partial charge in [0.25, 0.3) is 5.91 Å². The number of hydrogen-bond donors (Lipinski definition) is 3. The van der Waals surface area contributed by atoms with Crippen LogP contribution >= 0.6 is 0 Å². The number of nitriles is 1. The molecule has 0 bridgehead atoms. The third-order valence-electron chi connectivity index (χ3n) is 7.96. The molecule has 2 aliphatic heterocycles. The molecule has 2 saturated heterocycles. The maximum atomic E-state index is 14.2. The van der Waals surface area contributed by atoms with Crippen molar-refractivity contribution in [2.45, 2.75) is 43.7 Å². The summed E-state index contributed by atoms with van der Waals surface area (Å²) in [7, 11) is 1.39. The first kappa shape index (κ1) is 27.1. The van der Waals surface area contributed by atoms with E-state index in [0.29, 0.717) is 31.5 Å². The average Bonchev–Trinajstić information content (AvgIpc) is 3.56. The van der Waals surface area contributed by atoms with Gasteiger partial charge < -0.3 is 25.6 Å². The van der Waals surface area contributed by atoms with Crippen LogP contribution in [0, 0.1) is 28.5 Å². The third-order valence-corrected chi connectivity index (χ3v) is 7.96. The molecule has 1 aliphatic carbocycles. The van der Waals surface area contributed by atoms with Crippen molar-refractivity contribution in [2.24, 2.45) is 11.7 Å². The SMILES string of the molecule is COc1cc(/C(N)=C/C(=N)C(=O)N2CC[C@H](C(=O)N[C@@H]3CCN(c4ccc(C#N)cn4)C3)CC23CC3)c(F)cn1. The predicted molar refractivity (Wildman–Crippen MR) is 145 cm³/mol. The number of ether oxygens (including phenoxy) is 1. The smallest absolute Gasteiger partial charge is 0.272 e. The zero-order valence-corrected chi connectivity index (χ0v) is 22.2. The molecular weight excluding hydrogens is 515 g/mol. The van der Waals surface area contributed by atoms with Crippen LogP contribution in [0.3, 0.4) is 0 Å². The number of piperidine rings is 1. The molecular formula is C28H31FN8O3. The molecule has 0 unspecified atom stereocenters. The first-order valence-electron chi connectivity index (χ1n) is 13.2. The van der Waals surface area contributed by atoms with Gasteiger partial charge >= 0.3 is 0 Å². The first-order chi connectivity index (χ1) is 19.2. The van der Waals surface area contributed by atoms with Gasteiger partial charge in [-0.05, 0) is 50.3 Å². The van der Waals surface area contributed by atoms with Crippen LogP contribution in [0.1, 0.15) is 43.2 Å². The summed E-state index contributed by atoms with van der Waals surface area (Å²) >= 11 is 0. The molecule has 4 heterocycles. The largest absolute Gasteiger partial charge is 0.481 e. The summed E-state index contributed by atoms with van der Waals surface area (Å²) in [5.74, 6) is -0.455. The number of carbonyl (C=O) groups excluding carboxylic acids is 2. The second-order valence-corrected chi connectivity index (χ2v) is 10.5. The number of amides is 2. The fourth-order valence-electron chi connectivity index (χ4n) is 5.59. The van der Waals surface area contributed by atoms with Crippen molar-refractivity contribution in [3.63, 3.8) is 0 Å². The van der Waals surface area contributed by atoms with Crippen LogP contribution in [0.25, 0.3) is 5.70 Å². The Kier molecular flexibility index (Phi) is 7.38. The number of carbonyl (C=O) groups is 2. The Morgan fingerprint density at radius 3 is 2.75 bits per heavy atom. The summed E-state index contributed by atoms with van der Waals surface area (Å²) in [4.78, 5) is 38.3. The number of likely N-dealkylation sites (tertiary alicyclic amines) is 1. The Morgan fingerprint density at radius 1 is 1.27 bits per heavy atom. The molecule has 2 atom stereocenters. The minimum atomic E-state index is -0.682. The van der Waals surface area contributed by atoms with E-state index in [4.69, 9.17) is 21.1 Å². The van der Waals surface area contributed by atoms with Gasteiger partial charge in [0.15, 0.2) is 5.82 Å². The van der Waals surface area contributed by atoms with Gasteiger partial charge in [-0.3, -0.25) is 15.0 Å². The molecule has 1 saturated carbocycles. The fourth-order valence-corrected chi connectivity index (χ4v) is 5.59. The molecule has 3 fully saturated rings. The zero-order chi connectivity index (χ0) is 28.4. The lowest BCUT2D eigenvalue weighted by molar-refractivity contribution is -0.135. The highest BCUT2D eigenvalue weighted by Gasteiger charge is 2.54. The van der Waals surface area contributed by atoms with Gasteiger partial charge in [0.05, 0.1) is 18.9 Å². The lowest BCUT2D eigenvalue weighted by atomic mass is 9.87. The van der Waals surface area contributed by atoms with Crippen molar-refractivity contribution in [1.29, 1.82) is 10.7 Å². The number of methoxy groups -OCH3 is 1. The second-order valence-electron chi connectivity index (χ2n) is 10.5. The lowest BCUT2D eigenvalue weighted by Gasteiger charge is -2.40. The third kappa shape index (κ3) is 5.45. The Bertz CT molecular complexity index is 1400. The van der Waals surface area contributed by atoms with Crippen LogP contribution < -0.4 is 20.7 Å². The average molecular weight is 547 g/mol. The standard InChI is InChI=1S/C28H31FN8O3/c1-40-25-10-20(21(29)15-34-25)22(31)11-23(32)27(39)37-9-4-18(12-28(37)6-7-28)26(38)35-19-5-8-36(16-19)24-3-2-17(13-30)14-33-24/h2-3,10-11,14-15,18-19,32H,4-9,12,16,31H2,1H3,(H,35,38)/b22-11-,32-23?/t18-,19+/m0/s1. The van der Waals surface area contributed by atoms with Crippen LogP contribution in [-0.2, 0) is 9.59 Å². The monoisotopic (exact) mass is 546 g/mol. The number of pyridine rings is 2. The van der Waals surface area contributed by atoms with Gasteiger partial charge in [-0.15, -0.1) is 0 Å². The van der Waals surface area contributed by atoms with E-state index in [1.165, 1.54) is 13.2 Å². The molecule has 0 radical (unpaired) electrons. The topological polar surface area (TPSA) is 161 Å². The molecule has 2 amide bonds. The highest BCUT2D eigenvalue weighted by atomic mass is 19.1. The van der Waals surface area contributed by atoms with Crippen molar-refractivity contribution in [1.82, 2.24) is 20.2 Å². The first-order valence-corrected chi connectivity index (χ1v) is 13.2. The van der Waals surface area contributed by atoms with Crippen LogP contribution in [0.4, 0.5) is 10.2 Å². The quantitative estimate of drug-likeness (QED) is 0.444. The molecule has 208 valence electrons. The van der Waals surface area contributed by atoms with Gasteiger partial charge in [-0.2, -0.15) is 5.26 Å². The van der Waals surface area contributed by atoms with Gasteiger partial charge in [0, 0.05) is 60.7 Å². The van der Waals surface area contributed by atoms with E-state index in [2.05, 4.69) is 26.3 Å². The molecule has 2 aromatic rings. The van der Waals surface area contributed by atoms with E-state index in [9.17, 15) is 14.0 Å². The van der Waals surface area contributed by atoms with Crippen molar-refractivity contribution >= 4 is 29.0 Å². The summed E-state index contributed by atoms with van der Waals surface area (Å²) in [6.45, 7) is 1.76. The van der Waals surface area contributed by atoms with Gasteiger partial charge in [0.2, 0.25) is 11.8 Å². The summed E-state index contributed by atoms with van der Waals surface area (Å²) in [6.07, 6.45) is 7.05. The summed E-state index contributed by atoms with van der Waals surface area (Å²) in [6, 6.07) is 6.92. The van der Waals surface area contributed by atoms with Gasteiger partial charge in [-0.1, -0.05) is 0 Å². The number of halogens is 1. The van der Waals surface area contributed by atoms with E-state index >= 15 is 0 Å². The van der Waals surface area contributed by atoms with Crippen molar-refractivity contribution < 1.29 is 18.7 Å². The maximum Gasteiger partial charge on any atom is 0.272 e. The molecule has 3 aliphatic rings. The van der Waals surface area contributed by atoms with Crippen molar-refractivity contribution in [3.8, 4) is 11.9 Å². The molecule has 5 rings (SSSR count). The van der Waals surface area contributed by atoms with E-state index < -0.39 is 17.3 Å². The maximum absolute atomic E-state index is 14.2. The van der Waals surface area contributed by atoms with E-state index in [-0.39, 0.29) is 40.7 Å². The summed E-state index contributed by atoms with van der Waals surface area (Å²) in [5, 5.41) is 20.5. The molecule has 40 heavy (non-hydrogen) atoms. The second kappa shape index (κ2) is 10.9. The van der Waals surface area contributed by atoms with Crippen LogP contribution in [0.5, 0.6) is 5.88 Å². The molecule has 2 aromatic heterocycles. The molecule has 12 heteroatoms. The number of aromatic nitrogens is 2. The molecule has 0 aromatic carbocycles. The summed E-state index contributed by atoms with van der Waals surface area (Å²) < 4.78 is 19.2. The number of anilines is 1. The van der Waals surface area contributed by atoms with Crippen LogP contribution in [-0.4, -0.2) is 70.7 Å². The molecule has 11 nitrogen and oxygen atoms in total. The van der Waals surface area contributed by atoms with Gasteiger partial charge in [0.1, 0.15) is 17.6 Å². The number of nitrogens with zero attached hydrogens (tertiary/aromatic N) is 5. The summed E-state index contributed by atoms with van der Waals surface area (Å²) in [5.41, 5.74) is 5.67. The lowest BCUT2D eigenvalue weighted by Crippen LogP contribution is -2.53.